The lowest BCUT2D eigenvalue weighted by molar-refractivity contribution is 0.684. The van der Waals surface area contributed by atoms with E-state index >= 15 is 0 Å². The molecule has 0 saturated carbocycles. The number of aryl methyl sites for hydroxylation is 1. The van der Waals surface area contributed by atoms with Gasteiger partial charge in [-0.05, 0) is 43.1 Å². The van der Waals surface area contributed by atoms with Gasteiger partial charge >= 0.3 is 0 Å². The molecule has 1 aromatic carbocycles. The highest BCUT2D eigenvalue weighted by Gasteiger charge is 2.01. The third-order valence-corrected chi connectivity index (χ3v) is 3.79. The molecule has 3 nitrogen and oxygen atoms in total. The van der Waals surface area contributed by atoms with Crippen LogP contribution in [0.1, 0.15) is 18.1 Å². The second-order valence-corrected chi connectivity index (χ2v) is 5.27. The van der Waals surface area contributed by atoms with E-state index in [0.717, 1.165) is 31.6 Å². The maximum Gasteiger partial charge on any atom is 0.0734 e. The van der Waals surface area contributed by atoms with Gasteiger partial charge in [-0.25, -0.2) is 0 Å². The summed E-state index contributed by atoms with van der Waals surface area (Å²) in [5.41, 5.74) is 3.78. The molecular formula is C18H21N3. The summed E-state index contributed by atoms with van der Waals surface area (Å²) in [7, 11) is 0. The summed E-state index contributed by atoms with van der Waals surface area (Å²) in [6.45, 7) is 5.07. The van der Waals surface area contributed by atoms with Crippen LogP contribution in [0.3, 0.4) is 0 Å². The Morgan fingerprint density at radius 2 is 2.05 bits per heavy atom. The van der Waals surface area contributed by atoms with Crippen molar-refractivity contribution in [3.63, 3.8) is 0 Å². The molecular weight excluding hydrogens is 258 g/mol. The molecule has 108 valence electrons. The number of aromatic nitrogens is 2. The van der Waals surface area contributed by atoms with E-state index < -0.39 is 0 Å². The van der Waals surface area contributed by atoms with E-state index in [4.69, 9.17) is 0 Å². The first-order valence-corrected chi connectivity index (χ1v) is 7.55. The van der Waals surface area contributed by atoms with Gasteiger partial charge in [-0.15, -0.1) is 0 Å². The van der Waals surface area contributed by atoms with Crippen molar-refractivity contribution < 1.29 is 0 Å². The molecule has 0 spiro atoms. The highest BCUT2D eigenvalue weighted by atomic mass is 14.9. The van der Waals surface area contributed by atoms with Crippen LogP contribution in [0.15, 0.2) is 55.0 Å². The van der Waals surface area contributed by atoms with Crippen LogP contribution in [0.5, 0.6) is 0 Å². The van der Waals surface area contributed by atoms with Gasteiger partial charge < -0.3 is 9.88 Å². The van der Waals surface area contributed by atoms with Gasteiger partial charge in [-0.3, -0.25) is 4.98 Å². The first-order chi connectivity index (χ1) is 10.4. The Balaban J connectivity index is 1.57. The first kappa shape index (κ1) is 13.8. The number of hydrogen-bond acceptors (Lipinski definition) is 2. The molecule has 0 saturated heterocycles. The van der Waals surface area contributed by atoms with Gasteiger partial charge in [0.2, 0.25) is 0 Å². The summed E-state index contributed by atoms with van der Waals surface area (Å²) < 4.78 is 2.20. The third-order valence-electron chi connectivity index (χ3n) is 3.79. The fraction of sp³-hybridized carbons (Fsp3) is 0.278. The summed E-state index contributed by atoms with van der Waals surface area (Å²) in [5.74, 6) is 0. The summed E-state index contributed by atoms with van der Waals surface area (Å²) >= 11 is 0. The number of benzene rings is 1. The van der Waals surface area contributed by atoms with Crippen LogP contribution in [0, 0.1) is 0 Å². The molecule has 0 unspecified atom stereocenters. The molecule has 2 aromatic heterocycles. The molecule has 0 atom stereocenters. The van der Waals surface area contributed by atoms with E-state index in [-0.39, 0.29) is 0 Å². The number of hydrogen-bond donors (Lipinski definition) is 1. The second kappa shape index (κ2) is 6.55. The average Bonchev–Trinajstić information content (AvgIpc) is 3.00. The van der Waals surface area contributed by atoms with Gasteiger partial charge in [-0.1, -0.05) is 24.3 Å². The molecule has 0 bridgehead atoms. The Hall–Kier alpha value is -2.13. The first-order valence-electron chi connectivity index (χ1n) is 7.55. The van der Waals surface area contributed by atoms with E-state index in [1.165, 1.54) is 16.5 Å². The van der Waals surface area contributed by atoms with Crippen molar-refractivity contribution in [1.29, 1.82) is 0 Å². The Labute approximate surface area is 125 Å². The molecule has 3 rings (SSSR count). The Kier molecular flexibility index (Phi) is 4.31. The van der Waals surface area contributed by atoms with Crippen LogP contribution in [-0.4, -0.2) is 16.1 Å². The Bertz CT molecular complexity index is 710. The molecule has 0 aliphatic rings. The van der Waals surface area contributed by atoms with Gasteiger partial charge in [0.1, 0.15) is 0 Å². The van der Waals surface area contributed by atoms with Crippen molar-refractivity contribution in [2.75, 3.05) is 6.54 Å². The summed E-state index contributed by atoms with van der Waals surface area (Å²) in [5, 5.41) is 4.73. The highest BCUT2D eigenvalue weighted by molar-refractivity contribution is 5.81. The van der Waals surface area contributed by atoms with Gasteiger partial charge in [0, 0.05) is 37.1 Å². The molecule has 3 aromatic rings. The minimum absolute atomic E-state index is 0.922. The fourth-order valence-corrected chi connectivity index (χ4v) is 2.62. The third kappa shape index (κ3) is 3.31. The minimum Gasteiger partial charge on any atom is -0.354 e. The molecule has 0 fully saturated rings. The molecule has 21 heavy (non-hydrogen) atoms. The Morgan fingerprint density at radius 3 is 2.90 bits per heavy atom. The van der Waals surface area contributed by atoms with E-state index in [1.807, 2.05) is 12.3 Å². The smallest absolute Gasteiger partial charge is 0.0734 e. The normalized spacial score (nSPS) is 11.1. The van der Waals surface area contributed by atoms with Crippen molar-refractivity contribution in [2.24, 2.45) is 0 Å². The van der Waals surface area contributed by atoms with Crippen molar-refractivity contribution in [2.45, 2.75) is 26.4 Å². The van der Waals surface area contributed by atoms with Crippen LogP contribution in [0.2, 0.25) is 0 Å². The van der Waals surface area contributed by atoms with Crippen molar-refractivity contribution in [1.82, 2.24) is 14.9 Å². The lowest BCUT2D eigenvalue weighted by Gasteiger charge is -2.06. The zero-order valence-electron chi connectivity index (χ0n) is 12.4. The Morgan fingerprint density at radius 1 is 1.14 bits per heavy atom. The average molecular weight is 279 g/mol. The van der Waals surface area contributed by atoms with E-state index in [0.29, 0.717) is 0 Å². The number of para-hydroxylation sites is 1. The number of nitrogens with zero attached hydrogens (tertiary/aromatic N) is 2. The highest BCUT2D eigenvalue weighted by Crippen LogP contribution is 2.16. The number of rotatable bonds is 6. The standard InChI is InChI=1S/C18H21N3/c1-2-21-12-9-15(14-21)13-19-11-8-17-6-3-5-16-7-4-10-20-18(16)17/h3-7,9-10,12,14,19H,2,8,11,13H2,1H3. The van der Waals surface area contributed by atoms with Crippen LogP contribution < -0.4 is 5.32 Å². The predicted octanol–water partition coefficient (Wildman–Crippen LogP) is 3.39. The van der Waals surface area contributed by atoms with E-state index in [1.54, 1.807) is 0 Å². The number of pyridine rings is 1. The van der Waals surface area contributed by atoms with Gasteiger partial charge in [0.25, 0.3) is 0 Å². The zero-order valence-corrected chi connectivity index (χ0v) is 12.4. The van der Waals surface area contributed by atoms with E-state index in [9.17, 15) is 0 Å². The molecule has 2 heterocycles. The van der Waals surface area contributed by atoms with Crippen molar-refractivity contribution in [3.8, 4) is 0 Å². The molecule has 0 radical (unpaired) electrons. The molecule has 0 aliphatic carbocycles. The minimum atomic E-state index is 0.922. The maximum absolute atomic E-state index is 4.50. The second-order valence-electron chi connectivity index (χ2n) is 5.27. The number of nitrogens with one attached hydrogen (secondary N) is 1. The topological polar surface area (TPSA) is 29.9 Å². The largest absolute Gasteiger partial charge is 0.354 e. The van der Waals surface area contributed by atoms with Crippen LogP contribution in [0.25, 0.3) is 10.9 Å². The van der Waals surface area contributed by atoms with Crippen LogP contribution in [0.4, 0.5) is 0 Å². The van der Waals surface area contributed by atoms with Crippen molar-refractivity contribution >= 4 is 10.9 Å². The van der Waals surface area contributed by atoms with Crippen LogP contribution in [-0.2, 0) is 19.5 Å². The van der Waals surface area contributed by atoms with Crippen LogP contribution >= 0.6 is 0 Å². The monoisotopic (exact) mass is 279 g/mol. The van der Waals surface area contributed by atoms with E-state index in [2.05, 4.69) is 64.5 Å². The number of fused-ring (bicyclic) bond motifs is 1. The zero-order chi connectivity index (χ0) is 14.5. The summed E-state index contributed by atoms with van der Waals surface area (Å²) in [6.07, 6.45) is 7.20. The van der Waals surface area contributed by atoms with Crippen molar-refractivity contribution in [3.05, 3.63) is 66.1 Å². The fourth-order valence-electron chi connectivity index (χ4n) is 2.62. The SMILES string of the molecule is CCn1ccc(CNCCc2cccc3cccnc23)c1. The molecule has 1 N–H and O–H groups in total. The molecule has 3 heteroatoms. The van der Waals surface area contributed by atoms with Gasteiger partial charge in [-0.2, -0.15) is 0 Å². The lowest BCUT2D eigenvalue weighted by atomic mass is 10.1. The molecule has 0 aliphatic heterocycles. The van der Waals surface area contributed by atoms with Gasteiger partial charge in [0.15, 0.2) is 0 Å². The lowest BCUT2D eigenvalue weighted by Crippen LogP contribution is -2.16. The summed E-state index contributed by atoms with van der Waals surface area (Å²) in [6, 6.07) is 12.7. The summed E-state index contributed by atoms with van der Waals surface area (Å²) in [4.78, 5) is 4.50. The molecule has 0 amide bonds. The quantitative estimate of drug-likeness (QED) is 0.701. The van der Waals surface area contributed by atoms with Gasteiger partial charge in [0.05, 0.1) is 5.52 Å². The maximum atomic E-state index is 4.50. The predicted molar refractivity (Wildman–Crippen MR) is 87.3 cm³/mol.